The smallest absolute Gasteiger partial charge is 0.414 e. The molecule has 2 heterocycles. The number of halogens is 1. The number of benzene rings is 1. The van der Waals surface area contributed by atoms with Crippen LogP contribution in [0.15, 0.2) is 30.9 Å². The number of ether oxygens (including phenoxy) is 1. The number of rotatable bonds is 4. The summed E-state index contributed by atoms with van der Waals surface area (Å²) in [4.78, 5) is 24.1. The Labute approximate surface area is 130 Å². The molecule has 1 aliphatic rings. The van der Waals surface area contributed by atoms with Gasteiger partial charge in [0.1, 0.15) is 24.6 Å². The van der Waals surface area contributed by atoms with E-state index in [4.69, 9.17) is 4.74 Å². The molecule has 1 N–H and O–H groups in total. The Bertz CT molecular complexity index is 734. The van der Waals surface area contributed by atoms with Gasteiger partial charge < -0.3 is 10.1 Å². The number of nitrogens with one attached hydrogen (secondary N) is 1. The molecular formula is C14H14FN5O3. The van der Waals surface area contributed by atoms with Crippen molar-refractivity contribution in [1.82, 2.24) is 20.1 Å². The van der Waals surface area contributed by atoms with E-state index in [-0.39, 0.29) is 24.7 Å². The summed E-state index contributed by atoms with van der Waals surface area (Å²) in [6.07, 6.45) is 1.72. The molecule has 1 aromatic heterocycles. The topological polar surface area (TPSA) is 89.4 Å². The van der Waals surface area contributed by atoms with Gasteiger partial charge in [-0.2, -0.15) is 0 Å². The van der Waals surface area contributed by atoms with Gasteiger partial charge in [0.2, 0.25) is 5.91 Å². The molecule has 3 rings (SSSR count). The summed E-state index contributed by atoms with van der Waals surface area (Å²) in [5, 5.41) is 9.83. The highest BCUT2D eigenvalue weighted by Crippen LogP contribution is 2.25. The van der Waals surface area contributed by atoms with Crippen molar-refractivity contribution in [2.75, 3.05) is 18.0 Å². The Hall–Kier alpha value is -2.97. The van der Waals surface area contributed by atoms with Gasteiger partial charge >= 0.3 is 6.09 Å². The molecule has 1 aromatic carbocycles. The van der Waals surface area contributed by atoms with Crippen LogP contribution in [0.1, 0.15) is 6.92 Å². The van der Waals surface area contributed by atoms with Gasteiger partial charge in [-0.3, -0.25) is 14.3 Å². The lowest BCUT2D eigenvalue weighted by atomic mass is 10.2. The van der Waals surface area contributed by atoms with Gasteiger partial charge in [0.25, 0.3) is 0 Å². The second kappa shape index (κ2) is 6.03. The minimum absolute atomic E-state index is 0.205. The average Bonchev–Trinajstić information content (AvgIpc) is 3.14. The highest BCUT2D eigenvalue weighted by molar-refractivity contribution is 5.90. The monoisotopic (exact) mass is 319 g/mol. The Morgan fingerprint density at radius 3 is 2.83 bits per heavy atom. The first-order chi connectivity index (χ1) is 11.0. The predicted octanol–water partition coefficient (Wildman–Crippen LogP) is 0.868. The number of anilines is 1. The van der Waals surface area contributed by atoms with Crippen LogP contribution >= 0.6 is 0 Å². The highest BCUT2D eigenvalue weighted by atomic mass is 19.1. The van der Waals surface area contributed by atoms with Crippen molar-refractivity contribution in [1.29, 1.82) is 0 Å². The van der Waals surface area contributed by atoms with Crippen molar-refractivity contribution in [3.8, 4) is 5.69 Å². The van der Waals surface area contributed by atoms with Crippen LogP contribution in [-0.2, 0) is 9.53 Å². The molecule has 0 unspecified atom stereocenters. The normalized spacial score (nSPS) is 17.2. The zero-order valence-electron chi connectivity index (χ0n) is 12.3. The van der Waals surface area contributed by atoms with E-state index in [2.05, 4.69) is 15.5 Å². The molecule has 0 bridgehead atoms. The van der Waals surface area contributed by atoms with E-state index >= 15 is 0 Å². The van der Waals surface area contributed by atoms with E-state index in [1.165, 1.54) is 41.2 Å². The van der Waals surface area contributed by atoms with Crippen molar-refractivity contribution < 1.29 is 18.7 Å². The van der Waals surface area contributed by atoms with Crippen LogP contribution in [0.25, 0.3) is 5.69 Å². The van der Waals surface area contributed by atoms with Crippen LogP contribution in [0.3, 0.4) is 0 Å². The van der Waals surface area contributed by atoms with Crippen LogP contribution in [0, 0.1) is 5.82 Å². The standard InChI is InChI=1S/C14H14FN5O3/c1-9(21)16-5-11-6-20(14(22)23-11)10-2-3-13(12(15)4-10)19-7-17-18-8-19/h2-4,7-8,11H,5-6H2,1H3,(H,16,21)/t11-/m0/s1. The van der Waals surface area contributed by atoms with Gasteiger partial charge in [0.15, 0.2) is 0 Å². The molecule has 1 atom stereocenters. The Morgan fingerprint density at radius 2 is 2.17 bits per heavy atom. The van der Waals surface area contributed by atoms with Crippen molar-refractivity contribution in [2.24, 2.45) is 0 Å². The summed E-state index contributed by atoms with van der Waals surface area (Å²) in [6, 6.07) is 4.39. The minimum Gasteiger partial charge on any atom is -0.442 e. The van der Waals surface area contributed by atoms with Gasteiger partial charge in [0, 0.05) is 6.92 Å². The maximum absolute atomic E-state index is 14.2. The Balaban J connectivity index is 1.76. The molecule has 1 fully saturated rings. The number of carbonyl (C=O) groups is 2. The minimum atomic E-state index is -0.572. The van der Waals surface area contributed by atoms with Crippen molar-refractivity contribution in [3.63, 3.8) is 0 Å². The molecule has 0 spiro atoms. The third-order valence-corrected chi connectivity index (χ3v) is 3.39. The second-order valence-electron chi connectivity index (χ2n) is 5.06. The number of hydrogen-bond acceptors (Lipinski definition) is 5. The third-order valence-electron chi connectivity index (χ3n) is 3.39. The fourth-order valence-corrected chi connectivity index (χ4v) is 2.29. The molecule has 23 heavy (non-hydrogen) atoms. The van der Waals surface area contributed by atoms with E-state index in [0.29, 0.717) is 5.69 Å². The maximum atomic E-state index is 14.2. The summed E-state index contributed by atoms with van der Waals surface area (Å²) in [5.74, 6) is -0.718. The fourth-order valence-electron chi connectivity index (χ4n) is 2.29. The van der Waals surface area contributed by atoms with Crippen LogP contribution in [-0.4, -0.2) is 46.0 Å². The summed E-state index contributed by atoms with van der Waals surface area (Å²) in [5.41, 5.74) is 0.663. The summed E-state index contributed by atoms with van der Waals surface area (Å²) >= 11 is 0. The van der Waals surface area contributed by atoms with Gasteiger partial charge in [-0.05, 0) is 18.2 Å². The molecule has 2 aromatic rings. The first-order valence-electron chi connectivity index (χ1n) is 6.91. The first-order valence-corrected chi connectivity index (χ1v) is 6.91. The summed E-state index contributed by atoms with van der Waals surface area (Å²) < 4.78 is 20.8. The Kier molecular flexibility index (Phi) is 3.92. The molecule has 120 valence electrons. The lowest BCUT2D eigenvalue weighted by Gasteiger charge is -2.14. The number of amides is 2. The zero-order chi connectivity index (χ0) is 16.4. The lowest BCUT2D eigenvalue weighted by Crippen LogP contribution is -2.33. The molecule has 0 saturated carbocycles. The molecule has 0 aliphatic carbocycles. The van der Waals surface area contributed by atoms with Crippen LogP contribution in [0.4, 0.5) is 14.9 Å². The van der Waals surface area contributed by atoms with Crippen molar-refractivity contribution in [3.05, 3.63) is 36.7 Å². The molecule has 1 aliphatic heterocycles. The predicted molar refractivity (Wildman–Crippen MR) is 77.6 cm³/mol. The molecule has 2 amide bonds. The summed E-state index contributed by atoms with van der Waals surface area (Å²) in [6.45, 7) is 1.84. The maximum Gasteiger partial charge on any atom is 0.414 e. The van der Waals surface area contributed by atoms with Crippen LogP contribution < -0.4 is 10.2 Å². The molecule has 1 saturated heterocycles. The van der Waals surface area contributed by atoms with E-state index < -0.39 is 18.0 Å². The number of carbonyl (C=O) groups excluding carboxylic acids is 2. The van der Waals surface area contributed by atoms with Crippen molar-refractivity contribution >= 4 is 17.7 Å². The van der Waals surface area contributed by atoms with Gasteiger partial charge in [0.05, 0.1) is 24.5 Å². The Morgan fingerprint density at radius 1 is 1.43 bits per heavy atom. The molecular weight excluding hydrogens is 305 g/mol. The van der Waals surface area contributed by atoms with Crippen LogP contribution in [0.2, 0.25) is 0 Å². The fraction of sp³-hybridized carbons (Fsp3) is 0.286. The van der Waals surface area contributed by atoms with Crippen molar-refractivity contribution in [2.45, 2.75) is 13.0 Å². The number of aromatic nitrogens is 3. The van der Waals surface area contributed by atoms with Gasteiger partial charge in [-0.25, -0.2) is 9.18 Å². The zero-order valence-corrected chi connectivity index (χ0v) is 12.3. The molecule has 8 nitrogen and oxygen atoms in total. The average molecular weight is 319 g/mol. The van der Waals surface area contributed by atoms with E-state index in [9.17, 15) is 14.0 Å². The van der Waals surface area contributed by atoms with E-state index in [0.717, 1.165) is 0 Å². The van der Waals surface area contributed by atoms with Gasteiger partial charge in [-0.15, -0.1) is 10.2 Å². The SMILES string of the molecule is CC(=O)NC[C@H]1CN(c2ccc(-n3cnnc3)c(F)c2)C(=O)O1. The molecule has 9 heteroatoms. The number of hydrogen-bond donors (Lipinski definition) is 1. The lowest BCUT2D eigenvalue weighted by molar-refractivity contribution is -0.119. The van der Waals surface area contributed by atoms with Crippen LogP contribution in [0.5, 0.6) is 0 Å². The largest absolute Gasteiger partial charge is 0.442 e. The third kappa shape index (κ3) is 3.12. The quantitative estimate of drug-likeness (QED) is 0.903. The highest BCUT2D eigenvalue weighted by Gasteiger charge is 2.32. The first kappa shape index (κ1) is 14.9. The number of nitrogens with zero attached hydrogens (tertiary/aromatic N) is 4. The van der Waals surface area contributed by atoms with E-state index in [1.807, 2.05) is 0 Å². The molecule has 0 radical (unpaired) electrons. The van der Waals surface area contributed by atoms with Gasteiger partial charge in [-0.1, -0.05) is 0 Å². The second-order valence-corrected chi connectivity index (χ2v) is 5.06. The summed E-state index contributed by atoms with van der Waals surface area (Å²) in [7, 11) is 0. The number of cyclic esters (lactones) is 1. The van der Waals surface area contributed by atoms with E-state index in [1.54, 1.807) is 6.07 Å².